The zero-order valence-corrected chi connectivity index (χ0v) is 10.6. The lowest BCUT2D eigenvalue weighted by molar-refractivity contribution is -0.144. The van der Waals surface area contributed by atoms with Gasteiger partial charge in [0, 0.05) is 0 Å². The van der Waals surface area contributed by atoms with Crippen LogP contribution in [0.25, 0.3) is 0 Å². The highest BCUT2D eigenvalue weighted by Gasteiger charge is 2.05. The minimum atomic E-state index is -0.707. The highest BCUT2D eigenvalue weighted by Crippen LogP contribution is 2.09. The van der Waals surface area contributed by atoms with Gasteiger partial charge in [-0.15, -0.1) is 0 Å². The summed E-state index contributed by atoms with van der Waals surface area (Å²) in [6.07, 6.45) is 1.74. The van der Waals surface area contributed by atoms with Crippen molar-refractivity contribution in [1.29, 1.82) is 0 Å². The molecule has 2 nitrogen and oxygen atoms in total. The molecule has 0 heterocycles. The summed E-state index contributed by atoms with van der Waals surface area (Å²) in [6, 6.07) is 0. The van der Waals surface area contributed by atoms with E-state index in [1.54, 1.807) is 18.7 Å². The van der Waals surface area contributed by atoms with E-state index in [1.165, 1.54) is 0 Å². The number of hydrogen-bond acceptors (Lipinski definition) is 3. The van der Waals surface area contributed by atoms with Crippen molar-refractivity contribution in [3.05, 3.63) is 0 Å². The number of ether oxygens (including phenoxy) is 1. The minimum absolute atomic E-state index is 0.0366. The average Bonchev–Trinajstić information content (AvgIpc) is 2.09. The topological polar surface area (TPSA) is 26.3 Å². The Balaban J connectivity index is 3.20. The second kappa shape index (κ2) is 9.01. The first-order chi connectivity index (χ1) is 7.02. The predicted molar refractivity (Wildman–Crippen MR) is 63.0 cm³/mol. The molecular weight excluding hydrogens is 215 g/mol. The smallest absolute Gasteiger partial charge is 0.316 e. The van der Waals surface area contributed by atoms with Crippen molar-refractivity contribution in [2.45, 2.75) is 52.3 Å². The monoisotopic (exact) mass is 236 g/mol. The molecule has 0 aromatic carbocycles. The molecule has 0 aromatic rings. The minimum Gasteiger partial charge on any atom is -0.462 e. The maximum Gasteiger partial charge on any atom is 0.316 e. The molecule has 0 amide bonds. The molecular formula is C11H21FO2S. The molecule has 0 saturated carbocycles. The first-order valence-electron chi connectivity index (χ1n) is 5.43. The molecule has 0 aliphatic rings. The van der Waals surface area contributed by atoms with Gasteiger partial charge in [0.15, 0.2) is 0 Å². The zero-order chi connectivity index (χ0) is 11.7. The number of rotatable bonds is 8. The van der Waals surface area contributed by atoms with Crippen LogP contribution < -0.4 is 0 Å². The normalized spacial score (nSPS) is 12.9. The van der Waals surface area contributed by atoms with Crippen LogP contribution >= 0.6 is 11.8 Å². The molecule has 1 unspecified atom stereocenters. The van der Waals surface area contributed by atoms with E-state index in [1.807, 2.05) is 13.8 Å². The summed E-state index contributed by atoms with van der Waals surface area (Å²) < 4.78 is 17.4. The largest absolute Gasteiger partial charge is 0.462 e. The molecule has 90 valence electrons. The maximum absolute atomic E-state index is 12.4. The van der Waals surface area contributed by atoms with Crippen molar-refractivity contribution in [1.82, 2.24) is 0 Å². The van der Waals surface area contributed by atoms with Crippen LogP contribution in [-0.4, -0.2) is 29.8 Å². The second-order valence-electron chi connectivity index (χ2n) is 3.87. The highest BCUT2D eigenvalue weighted by molar-refractivity contribution is 7.99. The fraction of sp³-hybridized carbons (Fsp3) is 0.909. The number of thioether (sulfide) groups is 1. The lowest BCUT2D eigenvalue weighted by Crippen LogP contribution is -2.13. The summed E-state index contributed by atoms with van der Waals surface area (Å²) >= 11 is 1.56. The molecule has 0 N–H and O–H groups in total. The number of carbonyl (C=O) groups excluding carboxylic acids is 1. The van der Waals surface area contributed by atoms with E-state index >= 15 is 0 Å². The van der Waals surface area contributed by atoms with Gasteiger partial charge in [0.05, 0.1) is 18.0 Å². The summed E-state index contributed by atoms with van der Waals surface area (Å²) in [5.74, 6) is 1.15. The van der Waals surface area contributed by atoms with Gasteiger partial charge in [-0.25, -0.2) is 4.39 Å². The van der Waals surface area contributed by atoms with Gasteiger partial charge in [-0.3, -0.25) is 4.79 Å². The Hall–Kier alpha value is -0.250. The van der Waals surface area contributed by atoms with Crippen LogP contribution in [0, 0.1) is 0 Å². The number of alkyl halides is 1. The number of unbranched alkanes of at least 4 members (excludes halogenated alkanes) is 1. The molecule has 0 bridgehead atoms. The van der Waals surface area contributed by atoms with E-state index < -0.39 is 6.17 Å². The second-order valence-corrected chi connectivity index (χ2v) is 4.97. The Kier molecular flexibility index (Phi) is 8.86. The Bertz CT molecular complexity index is 172. The zero-order valence-electron chi connectivity index (χ0n) is 9.79. The Morgan fingerprint density at radius 1 is 1.33 bits per heavy atom. The van der Waals surface area contributed by atoms with Crippen molar-refractivity contribution in [3.8, 4) is 0 Å². The number of hydrogen-bond donors (Lipinski definition) is 0. The summed E-state index contributed by atoms with van der Waals surface area (Å²) in [6.45, 7) is 5.25. The van der Waals surface area contributed by atoms with E-state index in [4.69, 9.17) is 4.74 Å². The van der Waals surface area contributed by atoms with Gasteiger partial charge in [0.1, 0.15) is 0 Å². The first-order valence-corrected chi connectivity index (χ1v) is 6.59. The molecule has 0 aliphatic heterocycles. The molecule has 0 radical (unpaired) electrons. The quantitative estimate of drug-likeness (QED) is 0.478. The van der Waals surface area contributed by atoms with E-state index in [0.717, 1.165) is 18.6 Å². The van der Waals surface area contributed by atoms with Crippen LogP contribution in [-0.2, 0) is 9.53 Å². The number of esters is 1. The van der Waals surface area contributed by atoms with Gasteiger partial charge in [-0.05, 0) is 45.8 Å². The van der Waals surface area contributed by atoms with E-state index in [0.29, 0.717) is 12.2 Å². The standard InChI is InChI=1S/C11H21FO2S/c1-9(2)14-11(13)8-15-7-5-4-6-10(3)12/h9-10H,4-8H2,1-3H3. The van der Waals surface area contributed by atoms with Crippen molar-refractivity contribution in [2.24, 2.45) is 0 Å². The maximum atomic E-state index is 12.4. The van der Waals surface area contributed by atoms with E-state index in [-0.39, 0.29) is 12.1 Å². The van der Waals surface area contributed by atoms with Gasteiger partial charge in [-0.2, -0.15) is 11.8 Å². The Labute approximate surface area is 96.0 Å². The predicted octanol–water partition coefficient (Wildman–Crippen LogP) is 3.20. The Morgan fingerprint density at radius 2 is 2.00 bits per heavy atom. The Morgan fingerprint density at radius 3 is 2.53 bits per heavy atom. The molecule has 15 heavy (non-hydrogen) atoms. The summed E-state index contributed by atoms with van der Waals surface area (Å²) in [7, 11) is 0. The highest BCUT2D eigenvalue weighted by atomic mass is 32.2. The number of carbonyl (C=O) groups is 1. The first kappa shape index (κ1) is 14.8. The average molecular weight is 236 g/mol. The van der Waals surface area contributed by atoms with Crippen LogP contribution in [0.2, 0.25) is 0 Å². The number of halogens is 1. The van der Waals surface area contributed by atoms with Gasteiger partial charge in [0.2, 0.25) is 0 Å². The third-order valence-corrected chi connectivity index (χ3v) is 2.74. The molecule has 1 atom stereocenters. The van der Waals surface area contributed by atoms with E-state index in [2.05, 4.69) is 0 Å². The molecule has 0 rings (SSSR count). The molecule has 0 aromatic heterocycles. The van der Waals surface area contributed by atoms with E-state index in [9.17, 15) is 9.18 Å². The van der Waals surface area contributed by atoms with Crippen LogP contribution in [0.5, 0.6) is 0 Å². The van der Waals surface area contributed by atoms with Crippen molar-refractivity contribution in [2.75, 3.05) is 11.5 Å². The molecule has 0 aliphatic carbocycles. The molecule has 0 fully saturated rings. The third kappa shape index (κ3) is 11.7. The van der Waals surface area contributed by atoms with Gasteiger partial charge in [0.25, 0.3) is 0 Å². The van der Waals surface area contributed by atoms with Crippen molar-refractivity contribution >= 4 is 17.7 Å². The van der Waals surface area contributed by atoms with Crippen LogP contribution in [0.3, 0.4) is 0 Å². The van der Waals surface area contributed by atoms with Gasteiger partial charge >= 0.3 is 5.97 Å². The van der Waals surface area contributed by atoms with Crippen LogP contribution in [0.1, 0.15) is 40.0 Å². The van der Waals surface area contributed by atoms with Crippen LogP contribution in [0.15, 0.2) is 0 Å². The molecule has 0 spiro atoms. The van der Waals surface area contributed by atoms with Gasteiger partial charge < -0.3 is 4.74 Å². The summed E-state index contributed by atoms with van der Waals surface area (Å²) in [5.41, 5.74) is 0. The lowest BCUT2D eigenvalue weighted by atomic mass is 10.2. The molecule has 4 heteroatoms. The van der Waals surface area contributed by atoms with Gasteiger partial charge in [-0.1, -0.05) is 0 Å². The van der Waals surface area contributed by atoms with Crippen molar-refractivity contribution < 1.29 is 13.9 Å². The fourth-order valence-electron chi connectivity index (χ4n) is 1.08. The summed E-state index contributed by atoms with van der Waals surface area (Å²) in [4.78, 5) is 11.1. The fourth-order valence-corrected chi connectivity index (χ4v) is 1.87. The SMILES string of the molecule is CC(F)CCCCSCC(=O)OC(C)C. The van der Waals surface area contributed by atoms with Crippen molar-refractivity contribution in [3.63, 3.8) is 0 Å². The summed E-state index contributed by atoms with van der Waals surface area (Å²) in [5, 5.41) is 0. The lowest BCUT2D eigenvalue weighted by Gasteiger charge is -2.07. The third-order valence-electron chi connectivity index (χ3n) is 1.73. The van der Waals surface area contributed by atoms with Crippen LogP contribution in [0.4, 0.5) is 4.39 Å². The molecule has 0 saturated heterocycles.